The fraction of sp³-hybridized carbons (Fsp3) is 0.200. The van der Waals surface area contributed by atoms with Crippen molar-refractivity contribution < 1.29 is 14.0 Å². The Hall–Kier alpha value is -3.03. The van der Waals surface area contributed by atoms with Crippen molar-refractivity contribution in [3.8, 4) is 0 Å². The van der Waals surface area contributed by atoms with Gasteiger partial charge >= 0.3 is 6.03 Å². The van der Waals surface area contributed by atoms with Gasteiger partial charge in [0, 0.05) is 28.6 Å². The average molecular weight is 482 g/mol. The molecule has 1 atom stereocenters. The molecule has 3 aromatic rings. The van der Waals surface area contributed by atoms with E-state index in [2.05, 4.69) is 5.32 Å². The zero-order valence-corrected chi connectivity index (χ0v) is 19.4. The highest BCUT2D eigenvalue weighted by Crippen LogP contribution is 2.54. The van der Waals surface area contributed by atoms with Gasteiger partial charge in [-0.3, -0.25) is 9.69 Å². The summed E-state index contributed by atoms with van der Waals surface area (Å²) in [5.74, 6) is -0.127. The average Bonchev–Trinajstić information content (AvgIpc) is 3.31. The van der Waals surface area contributed by atoms with E-state index in [0.717, 1.165) is 11.1 Å². The second-order valence-electron chi connectivity index (χ2n) is 8.13. The van der Waals surface area contributed by atoms with Gasteiger partial charge in [0.2, 0.25) is 0 Å². The smallest absolute Gasteiger partial charge is 0.308 e. The van der Waals surface area contributed by atoms with Crippen LogP contribution in [0.4, 0.5) is 20.6 Å². The van der Waals surface area contributed by atoms with E-state index in [1.54, 1.807) is 35.2 Å². The van der Waals surface area contributed by atoms with Gasteiger partial charge in [-0.05, 0) is 48.9 Å². The molecule has 0 aliphatic carbocycles. The summed E-state index contributed by atoms with van der Waals surface area (Å²) in [6.07, 6.45) is 0. The van der Waals surface area contributed by atoms with Crippen LogP contribution in [0.15, 0.2) is 66.7 Å². The van der Waals surface area contributed by atoms with Gasteiger partial charge in [0.1, 0.15) is 5.82 Å². The molecule has 0 bridgehead atoms. The van der Waals surface area contributed by atoms with E-state index in [1.165, 1.54) is 28.8 Å². The van der Waals surface area contributed by atoms with Gasteiger partial charge in [-0.2, -0.15) is 0 Å². The Kier molecular flexibility index (Phi) is 5.54. The summed E-state index contributed by atoms with van der Waals surface area (Å²) < 4.78 is 14.4. The first-order chi connectivity index (χ1) is 15.9. The Labute approximate surface area is 200 Å². The van der Waals surface area contributed by atoms with Crippen LogP contribution in [0.5, 0.6) is 0 Å². The SMILES string of the molecule is Cc1cccc(CN2C(=O)[C@@]3(SCCN3C(=O)Nc3cccc(Cl)c3)c3cc(F)ccc32)c1. The van der Waals surface area contributed by atoms with Crippen LogP contribution in [0.1, 0.15) is 16.7 Å². The molecule has 3 amide bonds. The van der Waals surface area contributed by atoms with Crippen molar-refractivity contribution in [1.82, 2.24) is 4.90 Å². The maximum atomic E-state index is 14.4. The van der Waals surface area contributed by atoms with Crippen LogP contribution in [-0.2, 0) is 16.2 Å². The van der Waals surface area contributed by atoms with Crippen LogP contribution < -0.4 is 10.2 Å². The maximum Gasteiger partial charge on any atom is 0.323 e. The second-order valence-corrected chi connectivity index (χ2v) is 9.85. The van der Waals surface area contributed by atoms with E-state index < -0.39 is 16.7 Å². The number of carbonyl (C=O) groups is 2. The second kappa shape index (κ2) is 8.39. The predicted molar refractivity (Wildman–Crippen MR) is 130 cm³/mol. The lowest BCUT2D eigenvalue weighted by Gasteiger charge is -2.33. The number of nitrogens with one attached hydrogen (secondary N) is 1. The van der Waals surface area contributed by atoms with Gasteiger partial charge in [-0.1, -0.05) is 47.5 Å². The van der Waals surface area contributed by atoms with Crippen molar-refractivity contribution in [1.29, 1.82) is 0 Å². The predicted octanol–water partition coefficient (Wildman–Crippen LogP) is 5.77. The van der Waals surface area contributed by atoms with Gasteiger partial charge in [0.05, 0.1) is 12.2 Å². The molecule has 1 spiro atoms. The van der Waals surface area contributed by atoms with Gasteiger partial charge in [-0.15, -0.1) is 11.8 Å². The molecule has 8 heteroatoms. The van der Waals surface area contributed by atoms with Gasteiger partial charge in [-0.25, -0.2) is 9.18 Å². The number of benzene rings is 3. The molecule has 3 aromatic carbocycles. The van der Waals surface area contributed by atoms with E-state index in [1.807, 2.05) is 31.2 Å². The number of anilines is 2. The number of amides is 3. The highest BCUT2D eigenvalue weighted by Gasteiger charge is 2.59. The van der Waals surface area contributed by atoms with Crippen LogP contribution in [0, 0.1) is 12.7 Å². The molecular weight excluding hydrogens is 461 g/mol. The standard InChI is InChI=1S/C25H21ClFN3O2S/c1-16-4-2-5-17(12-16)15-29-22-9-8-19(27)14-21(22)25(23(29)31)30(10-11-33-25)24(32)28-20-7-3-6-18(26)13-20/h2-9,12-14H,10-11,15H2,1H3,(H,28,32)/t25-/m0/s1. The summed E-state index contributed by atoms with van der Waals surface area (Å²) in [4.78, 5) is 29.1. The lowest BCUT2D eigenvalue weighted by molar-refractivity contribution is -0.123. The Morgan fingerprint density at radius 2 is 1.97 bits per heavy atom. The summed E-state index contributed by atoms with van der Waals surface area (Å²) in [6.45, 7) is 2.69. The zero-order valence-electron chi connectivity index (χ0n) is 17.8. The van der Waals surface area contributed by atoms with E-state index >= 15 is 0 Å². The molecule has 2 aliphatic heterocycles. The van der Waals surface area contributed by atoms with E-state index in [9.17, 15) is 14.0 Å². The molecule has 2 heterocycles. The Morgan fingerprint density at radius 1 is 1.15 bits per heavy atom. The first kappa shape index (κ1) is 21.8. The van der Waals surface area contributed by atoms with Crippen molar-refractivity contribution in [2.45, 2.75) is 18.3 Å². The van der Waals surface area contributed by atoms with Crippen molar-refractivity contribution in [2.24, 2.45) is 0 Å². The van der Waals surface area contributed by atoms with E-state index in [4.69, 9.17) is 11.6 Å². The van der Waals surface area contributed by atoms with Gasteiger partial charge in [0.15, 0.2) is 4.87 Å². The normalized spacial score (nSPS) is 19.3. The fourth-order valence-corrected chi connectivity index (χ4v) is 6.14. The van der Waals surface area contributed by atoms with Crippen LogP contribution in [0.25, 0.3) is 0 Å². The number of urea groups is 1. The minimum Gasteiger partial charge on any atom is -0.308 e. The van der Waals surface area contributed by atoms with Crippen molar-refractivity contribution in [2.75, 3.05) is 22.5 Å². The lowest BCUT2D eigenvalue weighted by Crippen LogP contribution is -2.51. The monoisotopic (exact) mass is 481 g/mol. The summed E-state index contributed by atoms with van der Waals surface area (Å²) in [7, 11) is 0. The van der Waals surface area contributed by atoms with Crippen molar-refractivity contribution >= 4 is 46.7 Å². The summed E-state index contributed by atoms with van der Waals surface area (Å²) >= 11 is 7.41. The number of thioether (sulfide) groups is 1. The molecule has 0 saturated carbocycles. The number of aryl methyl sites for hydroxylation is 1. The first-order valence-electron chi connectivity index (χ1n) is 10.5. The number of hydrogen-bond acceptors (Lipinski definition) is 3. The minimum atomic E-state index is -1.32. The summed E-state index contributed by atoms with van der Waals surface area (Å²) in [6, 6.07) is 18.7. The molecule has 0 radical (unpaired) electrons. The summed E-state index contributed by atoms with van der Waals surface area (Å²) in [5, 5.41) is 3.33. The number of halogens is 2. The lowest BCUT2D eigenvalue weighted by atomic mass is 10.1. The highest BCUT2D eigenvalue weighted by atomic mass is 35.5. The van der Waals surface area contributed by atoms with Gasteiger partial charge < -0.3 is 10.2 Å². The molecular formula is C25H21ClFN3O2S. The molecule has 2 aliphatic rings. The molecule has 1 N–H and O–H groups in total. The van der Waals surface area contributed by atoms with Crippen LogP contribution in [0.2, 0.25) is 5.02 Å². The molecule has 5 rings (SSSR count). The topological polar surface area (TPSA) is 52.7 Å². The number of carbonyl (C=O) groups excluding carboxylic acids is 2. The Balaban J connectivity index is 1.54. The summed E-state index contributed by atoms with van der Waals surface area (Å²) in [5.41, 5.74) is 3.71. The third kappa shape index (κ3) is 3.75. The number of hydrogen-bond donors (Lipinski definition) is 1. The van der Waals surface area contributed by atoms with Crippen molar-refractivity contribution in [3.63, 3.8) is 0 Å². The van der Waals surface area contributed by atoms with Crippen LogP contribution in [-0.4, -0.2) is 29.1 Å². The first-order valence-corrected chi connectivity index (χ1v) is 11.9. The third-order valence-electron chi connectivity index (χ3n) is 5.90. The fourth-order valence-electron chi connectivity index (χ4n) is 4.49. The number of nitrogens with zero attached hydrogens (tertiary/aromatic N) is 2. The molecule has 1 fully saturated rings. The maximum absolute atomic E-state index is 14.4. The van der Waals surface area contributed by atoms with E-state index in [0.29, 0.717) is 40.8 Å². The van der Waals surface area contributed by atoms with Crippen LogP contribution in [0.3, 0.4) is 0 Å². The largest absolute Gasteiger partial charge is 0.323 e. The highest BCUT2D eigenvalue weighted by molar-refractivity contribution is 8.01. The molecule has 33 heavy (non-hydrogen) atoms. The molecule has 5 nitrogen and oxygen atoms in total. The Morgan fingerprint density at radius 3 is 2.76 bits per heavy atom. The Bertz CT molecular complexity index is 1270. The molecule has 0 aromatic heterocycles. The third-order valence-corrected chi connectivity index (χ3v) is 7.55. The van der Waals surface area contributed by atoms with Crippen molar-refractivity contribution in [3.05, 3.63) is 94.3 Å². The van der Waals surface area contributed by atoms with Gasteiger partial charge in [0.25, 0.3) is 5.91 Å². The van der Waals surface area contributed by atoms with E-state index in [-0.39, 0.29) is 5.91 Å². The molecule has 0 unspecified atom stereocenters. The number of fused-ring (bicyclic) bond motifs is 2. The van der Waals surface area contributed by atoms with Crippen LogP contribution >= 0.6 is 23.4 Å². The quantitative estimate of drug-likeness (QED) is 0.517. The number of rotatable bonds is 3. The minimum absolute atomic E-state index is 0.242. The molecule has 168 valence electrons. The zero-order chi connectivity index (χ0) is 23.2. The molecule has 1 saturated heterocycles.